The molecule has 0 amide bonds. The maximum atomic E-state index is 11.1. The topological polar surface area (TPSA) is 117 Å². The van der Waals surface area contributed by atoms with Gasteiger partial charge in [-0.2, -0.15) is 0 Å². The largest absolute Gasteiger partial charge is 0.480 e. The molecule has 2 aromatic rings. The SMILES string of the molecule is O=C(O)COc1ccc(CP(=O)(O)O)c2cccnc12. The van der Waals surface area contributed by atoms with E-state index < -0.39 is 26.3 Å². The van der Waals surface area contributed by atoms with Crippen molar-refractivity contribution in [3.05, 3.63) is 36.0 Å². The minimum absolute atomic E-state index is 0.262. The highest BCUT2D eigenvalue weighted by Crippen LogP contribution is 2.41. The molecule has 7 nitrogen and oxygen atoms in total. The van der Waals surface area contributed by atoms with Crippen molar-refractivity contribution in [3.63, 3.8) is 0 Å². The molecule has 0 aliphatic heterocycles. The third-order valence-corrected chi connectivity index (χ3v) is 3.30. The van der Waals surface area contributed by atoms with Crippen LogP contribution in [0.2, 0.25) is 0 Å². The van der Waals surface area contributed by atoms with Crippen molar-refractivity contribution in [2.45, 2.75) is 6.16 Å². The van der Waals surface area contributed by atoms with Gasteiger partial charge in [0.15, 0.2) is 6.61 Å². The highest BCUT2D eigenvalue weighted by atomic mass is 31.2. The Labute approximate surface area is 114 Å². The van der Waals surface area contributed by atoms with Crippen LogP contribution in [0.15, 0.2) is 30.5 Å². The summed E-state index contributed by atoms with van der Waals surface area (Å²) in [5, 5.41) is 9.13. The minimum atomic E-state index is -4.20. The first-order valence-electron chi connectivity index (χ1n) is 5.62. The van der Waals surface area contributed by atoms with Crippen LogP contribution in [0.5, 0.6) is 5.75 Å². The Morgan fingerprint density at radius 3 is 2.70 bits per heavy atom. The van der Waals surface area contributed by atoms with Crippen LogP contribution in [0.3, 0.4) is 0 Å². The molecule has 8 heteroatoms. The summed E-state index contributed by atoms with van der Waals surface area (Å²) in [6.45, 7) is -0.510. The van der Waals surface area contributed by atoms with E-state index >= 15 is 0 Å². The molecule has 1 aromatic heterocycles. The van der Waals surface area contributed by atoms with Crippen LogP contribution in [0, 0.1) is 0 Å². The van der Waals surface area contributed by atoms with E-state index in [0.717, 1.165) is 0 Å². The Morgan fingerprint density at radius 2 is 2.05 bits per heavy atom. The lowest BCUT2D eigenvalue weighted by molar-refractivity contribution is -0.139. The van der Waals surface area contributed by atoms with Crippen molar-refractivity contribution in [2.24, 2.45) is 0 Å². The second-order valence-electron chi connectivity index (χ2n) is 4.13. The maximum Gasteiger partial charge on any atom is 0.341 e. The highest BCUT2D eigenvalue weighted by Gasteiger charge is 2.17. The average molecular weight is 297 g/mol. The number of ether oxygens (including phenoxy) is 1. The number of hydrogen-bond acceptors (Lipinski definition) is 4. The van der Waals surface area contributed by atoms with Gasteiger partial charge in [-0.1, -0.05) is 12.1 Å². The highest BCUT2D eigenvalue weighted by molar-refractivity contribution is 7.50. The Morgan fingerprint density at radius 1 is 1.30 bits per heavy atom. The normalized spacial score (nSPS) is 11.5. The first-order chi connectivity index (χ1) is 9.37. The molecule has 1 heterocycles. The zero-order valence-electron chi connectivity index (χ0n) is 10.3. The maximum absolute atomic E-state index is 11.1. The van der Waals surface area contributed by atoms with Crippen LogP contribution < -0.4 is 4.74 Å². The summed E-state index contributed by atoms with van der Waals surface area (Å²) < 4.78 is 16.2. The van der Waals surface area contributed by atoms with Gasteiger partial charge in [0.2, 0.25) is 0 Å². The summed E-state index contributed by atoms with van der Waals surface area (Å²) in [5.74, 6) is -0.856. The van der Waals surface area contributed by atoms with Crippen LogP contribution >= 0.6 is 7.60 Å². The Balaban J connectivity index is 2.46. The summed E-state index contributed by atoms with van der Waals surface area (Å²) in [4.78, 5) is 32.7. The van der Waals surface area contributed by atoms with Crippen LogP contribution in [-0.4, -0.2) is 32.5 Å². The van der Waals surface area contributed by atoms with Gasteiger partial charge in [0.05, 0.1) is 6.16 Å². The summed E-state index contributed by atoms with van der Waals surface area (Å²) in [6, 6.07) is 6.25. The molecule has 0 saturated heterocycles. The standard InChI is InChI=1S/C12H12NO6P/c14-11(15)6-19-10-4-3-8(7-20(16,17)18)9-2-1-5-13-12(9)10/h1-5H,6-7H2,(H,14,15)(H2,16,17,18). The van der Waals surface area contributed by atoms with Gasteiger partial charge in [0, 0.05) is 11.6 Å². The molecule has 0 bridgehead atoms. The first kappa shape index (κ1) is 14.5. The molecular formula is C12H12NO6P. The van der Waals surface area contributed by atoms with Crippen LogP contribution in [0.25, 0.3) is 10.9 Å². The zero-order chi connectivity index (χ0) is 14.8. The fourth-order valence-corrected chi connectivity index (χ4v) is 2.54. The molecule has 3 N–H and O–H groups in total. The molecule has 106 valence electrons. The van der Waals surface area contributed by atoms with Crippen molar-refractivity contribution in [1.29, 1.82) is 0 Å². The lowest BCUT2D eigenvalue weighted by Gasteiger charge is -2.11. The second-order valence-corrected chi connectivity index (χ2v) is 5.77. The fraction of sp³-hybridized carbons (Fsp3) is 0.167. The van der Waals surface area contributed by atoms with Crippen molar-refractivity contribution in [2.75, 3.05) is 6.61 Å². The third kappa shape index (κ3) is 3.54. The van der Waals surface area contributed by atoms with E-state index in [9.17, 15) is 9.36 Å². The van der Waals surface area contributed by atoms with Gasteiger partial charge >= 0.3 is 13.6 Å². The van der Waals surface area contributed by atoms with E-state index in [2.05, 4.69) is 4.98 Å². The number of rotatable bonds is 5. The minimum Gasteiger partial charge on any atom is -0.480 e. The van der Waals surface area contributed by atoms with Crippen molar-refractivity contribution >= 4 is 24.5 Å². The average Bonchev–Trinajstić information content (AvgIpc) is 2.36. The van der Waals surface area contributed by atoms with Gasteiger partial charge in [-0.15, -0.1) is 0 Å². The number of nitrogens with zero attached hydrogens (tertiary/aromatic N) is 1. The molecule has 0 aliphatic carbocycles. The Hall–Kier alpha value is -1.95. The molecule has 0 fully saturated rings. The first-order valence-corrected chi connectivity index (χ1v) is 7.42. The van der Waals surface area contributed by atoms with Gasteiger partial charge in [-0.25, -0.2) is 4.79 Å². The van der Waals surface area contributed by atoms with Gasteiger partial charge < -0.3 is 19.6 Å². The summed E-state index contributed by atoms with van der Waals surface area (Å²) in [6.07, 6.45) is 1.09. The predicted octanol–water partition coefficient (Wildman–Crippen LogP) is 1.38. The lowest BCUT2D eigenvalue weighted by atomic mass is 10.1. The predicted molar refractivity (Wildman–Crippen MR) is 70.6 cm³/mol. The van der Waals surface area contributed by atoms with E-state index in [1.807, 2.05) is 0 Å². The van der Waals surface area contributed by atoms with Crippen molar-refractivity contribution < 1.29 is 29.0 Å². The molecule has 0 saturated carbocycles. The van der Waals surface area contributed by atoms with Gasteiger partial charge in [0.1, 0.15) is 11.3 Å². The number of carboxylic acids is 1. The Bertz CT molecular complexity index is 695. The van der Waals surface area contributed by atoms with Gasteiger partial charge in [0.25, 0.3) is 0 Å². The van der Waals surface area contributed by atoms with Crippen LogP contribution in [0.4, 0.5) is 0 Å². The lowest BCUT2D eigenvalue weighted by Crippen LogP contribution is -2.10. The molecule has 0 spiro atoms. The molecule has 0 unspecified atom stereocenters. The molecular weight excluding hydrogens is 285 g/mol. The number of hydrogen-bond donors (Lipinski definition) is 3. The number of carboxylic acid groups (broad SMARTS) is 1. The van der Waals surface area contributed by atoms with E-state index in [1.54, 1.807) is 12.1 Å². The van der Waals surface area contributed by atoms with E-state index in [-0.39, 0.29) is 5.75 Å². The van der Waals surface area contributed by atoms with Crippen LogP contribution in [0.1, 0.15) is 5.56 Å². The zero-order valence-corrected chi connectivity index (χ0v) is 11.2. The molecule has 0 radical (unpaired) electrons. The number of aromatic nitrogens is 1. The monoisotopic (exact) mass is 297 g/mol. The smallest absolute Gasteiger partial charge is 0.341 e. The van der Waals surface area contributed by atoms with Gasteiger partial charge in [-0.05, 0) is 17.7 Å². The Kier molecular flexibility index (Phi) is 4.04. The summed E-state index contributed by atoms with van der Waals surface area (Å²) in [7, 11) is -4.20. The summed E-state index contributed by atoms with van der Waals surface area (Å²) in [5.41, 5.74) is 0.809. The van der Waals surface area contributed by atoms with E-state index in [1.165, 1.54) is 18.3 Å². The second kappa shape index (κ2) is 5.58. The fourth-order valence-electron chi connectivity index (χ4n) is 1.82. The molecule has 0 aliphatic rings. The molecule has 1 aromatic carbocycles. The summed E-state index contributed by atoms with van der Waals surface area (Å²) >= 11 is 0. The van der Waals surface area contributed by atoms with E-state index in [0.29, 0.717) is 16.5 Å². The number of carbonyl (C=O) groups is 1. The van der Waals surface area contributed by atoms with Crippen LogP contribution in [-0.2, 0) is 15.5 Å². The molecule has 20 heavy (non-hydrogen) atoms. The third-order valence-electron chi connectivity index (χ3n) is 2.55. The van der Waals surface area contributed by atoms with Gasteiger partial charge in [-0.3, -0.25) is 9.55 Å². The molecule has 2 rings (SSSR count). The van der Waals surface area contributed by atoms with E-state index in [4.69, 9.17) is 19.6 Å². The quantitative estimate of drug-likeness (QED) is 0.713. The number of aliphatic carboxylic acids is 1. The number of pyridine rings is 1. The van der Waals surface area contributed by atoms with Crippen molar-refractivity contribution in [1.82, 2.24) is 4.98 Å². The van der Waals surface area contributed by atoms with Crippen molar-refractivity contribution in [3.8, 4) is 5.75 Å². The number of benzene rings is 1. The molecule has 0 atom stereocenters. The number of fused-ring (bicyclic) bond motifs is 1.